The lowest BCUT2D eigenvalue weighted by Crippen LogP contribution is -2.57. The van der Waals surface area contributed by atoms with Crippen molar-refractivity contribution >= 4 is 0 Å². The van der Waals surface area contributed by atoms with Gasteiger partial charge in [0.05, 0.1) is 25.7 Å². The van der Waals surface area contributed by atoms with Crippen LogP contribution >= 0.6 is 0 Å². The van der Waals surface area contributed by atoms with Crippen molar-refractivity contribution < 1.29 is 0 Å². The zero-order valence-electron chi connectivity index (χ0n) is 12.2. The highest BCUT2D eigenvalue weighted by Gasteiger charge is 2.58. The van der Waals surface area contributed by atoms with Crippen LogP contribution in [0.1, 0.15) is 27.7 Å². The summed E-state index contributed by atoms with van der Waals surface area (Å²) in [6, 6.07) is 0. The second-order valence-corrected chi connectivity index (χ2v) is 8.43. The monoisotopic (exact) mass is 250 g/mol. The van der Waals surface area contributed by atoms with Crippen LogP contribution in [0.25, 0.3) is 0 Å². The second-order valence-electron chi connectivity index (χ2n) is 8.43. The van der Waals surface area contributed by atoms with E-state index in [1.807, 2.05) is 0 Å². The van der Waals surface area contributed by atoms with E-state index in [1.54, 1.807) is 0 Å². The fourth-order valence-corrected chi connectivity index (χ4v) is 4.89. The van der Waals surface area contributed by atoms with Gasteiger partial charge in [-0.05, 0) is 10.8 Å². The molecule has 18 heavy (non-hydrogen) atoms. The van der Waals surface area contributed by atoms with E-state index in [0.717, 1.165) is 0 Å². The van der Waals surface area contributed by atoms with Crippen LogP contribution in [0, 0.1) is 10.8 Å². The molecule has 4 heteroatoms. The Labute approximate surface area is 110 Å². The Morgan fingerprint density at radius 1 is 0.611 bits per heavy atom. The lowest BCUT2D eigenvalue weighted by molar-refractivity contribution is -0.0338. The summed E-state index contributed by atoms with van der Waals surface area (Å²) in [5, 5.41) is 0. The Hall–Kier alpha value is -0.160. The molecule has 0 saturated carbocycles. The molecule has 4 rings (SSSR count). The topological polar surface area (TPSA) is 13.0 Å². The van der Waals surface area contributed by atoms with Crippen LogP contribution in [-0.4, -0.2) is 71.4 Å². The first kappa shape index (κ1) is 11.6. The molecule has 4 saturated heterocycles. The van der Waals surface area contributed by atoms with Gasteiger partial charge in [-0.3, -0.25) is 19.6 Å². The van der Waals surface area contributed by atoms with Gasteiger partial charge in [0.1, 0.15) is 0 Å². The maximum Gasteiger partial charge on any atom is 0.0943 e. The Morgan fingerprint density at radius 3 is 1.17 bits per heavy atom. The zero-order chi connectivity index (χ0) is 12.7. The predicted molar refractivity (Wildman–Crippen MR) is 71.7 cm³/mol. The van der Waals surface area contributed by atoms with Gasteiger partial charge in [0, 0.05) is 26.2 Å². The van der Waals surface area contributed by atoms with Crippen LogP contribution in [0.5, 0.6) is 0 Å². The molecule has 0 aromatic rings. The van der Waals surface area contributed by atoms with Crippen molar-refractivity contribution in [3.05, 3.63) is 0 Å². The van der Waals surface area contributed by atoms with E-state index in [2.05, 4.69) is 47.3 Å². The largest absolute Gasteiger partial charge is 0.272 e. The molecular formula is C14H26N4. The molecule has 4 aliphatic rings. The van der Waals surface area contributed by atoms with Gasteiger partial charge in [0.2, 0.25) is 0 Å². The molecule has 0 aromatic carbocycles. The molecule has 102 valence electrons. The van der Waals surface area contributed by atoms with E-state index < -0.39 is 0 Å². The maximum absolute atomic E-state index is 2.72. The molecule has 0 aromatic heterocycles. The highest BCUT2D eigenvalue weighted by molar-refractivity contribution is 5.06. The van der Waals surface area contributed by atoms with Gasteiger partial charge in [-0.2, -0.15) is 0 Å². The van der Waals surface area contributed by atoms with Crippen molar-refractivity contribution in [2.45, 2.75) is 40.0 Å². The summed E-state index contributed by atoms with van der Waals surface area (Å²) in [5.41, 5.74) is 0.892. The average Bonchev–Trinajstić information content (AvgIpc) is 2.66. The van der Waals surface area contributed by atoms with Crippen LogP contribution in [-0.2, 0) is 0 Å². The van der Waals surface area contributed by atoms with E-state index in [4.69, 9.17) is 0 Å². The third kappa shape index (κ3) is 1.52. The van der Waals surface area contributed by atoms with Gasteiger partial charge in [-0.25, -0.2) is 0 Å². The number of nitrogens with zero attached hydrogens (tertiary/aromatic N) is 4. The third-order valence-electron chi connectivity index (χ3n) is 5.01. The molecule has 0 bridgehead atoms. The molecule has 4 heterocycles. The van der Waals surface area contributed by atoms with E-state index in [0.29, 0.717) is 23.2 Å². The minimum atomic E-state index is 0.446. The van der Waals surface area contributed by atoms with Gasteiger partial charge in [0.25, 0.3) is 0 Å². The zero-order valence-corrected chi connectivity index (χ0v) is 12.2. The Bertz CT molecular complexity index is 314. The van der Waals surface area contributed by atoms with Crippen LogP contribution in [0.3, 0.4) is 0 Å². The summed E-state index contributed by atoms with van der Waals surface area (Å²) in [6.07, 6.45) is 1.35. The summed E-state index contributed by atoms with van der Waals surface area (Å²) in [7, 11) is 0. The molecule has 0 radical (unpaired) electrons. The molecule has 0 unspecified atom stereocenters. The lowest BCUT2D eigenvalue weighted by Gasteiger charge is -2.45. The van der Waals surface area contributed by atoms with Crippen molar-refractivity contribution in [3.8, 4) is 0 Å². The first-order valence-corrected chi connectivity index (χ1v) is 7.31. The van der Waals surface area contributed by atoms with Gasteiger partial charge in [-0.1, -0.05) is 27.7 Å². The van der Waals surface area contributed by atoms with E-state index in [1.165, 1.54) is 39.5 Å². The molecule has 4 nitrogen and oxygen atoms in total. The molecule has 0 aliphatic carbocycles. The van der Waals surface area contributed by atoms with Gasteiger partial charge < -0.3 is 0 Å². The molecule has 4 aliphatic heterocycles. The maximum atomic E-state index is 2.72. The van der Waals surface area contributed by atoms with Crippen LogP contribution < -0.4 is 0 Å². The minimum absolute atomic E-state index is 0.446. The first-order valence-electron chi connectivity index (χ1n) is 7.31. The highest BCUT2D eigenvalue weighted by atomic mass is 15.7. The third-order valence-corrected chi connectivity index (χ3v) is 5.01. The molecule has 0 atom stereocenters. The van der Waals surface area contributed by atoms with Crippen molar-refractivity contribution in [1.29, 1.82) is 0 Å². The predicted octanol–water partition coefficient (Wildman–Crippen LogP) is 0.868. The van der Waals surface area contributed by atoms with E-state index >= 15 is 0 Å². The SMILES string of the molecule is CC1(C)CN2CN3CC(C)(C)CN4CN(C1)C2C34. The smallest absolute Gasteiger partial charge is 0.0943 e. The van der Waals surface area contributed by atoms with Gasteiger partial charge in [0.15, 0.2) is 0 Å². The second kappa shape index (κ2) is 3.29. The van der Waals surface area contributed by atoms with Crippen molar-refractivity contribution in [1.82, 2.24) is 19.6 Å². The van der Waals surface area contributed by atoms with Crippen LogP contribution in [0.15, 0.2) is 0 Å². The van der Waals surface area contributed by atoms with Gasteiger partial charge in [-0.15, -0.1) is 0 Å². The molecular weight excluding hydrogens is 224 g/mol. The van der Waals surface area contributed by atoms with Crippen molar-refractivity contribution in [2.24, 2.45) is 10.8 Å². The quantitative estimate of drug-likeness (QED) is 0.632. The molecule has 0 amide bonds. The molecule has 4 fully saturated rings. The molecule has 0 spiro atoms. The highest BCUT2D eigenvalue weighted by Crippen LogP contribution is 2.44. The fourth-order valence-electron chi connectivity index (χ4n) is 4.89. The summed E-state index contributed by atoms with van der Waals surface area (Å²) in [6.45, 7) is 17.1. The van der Waals surface area contributed by atoms with Crippen LogP contribution in [0.2, 0.25) is 0 Å². The summed E-state index contributed by atoms with van der Waals surface area (Å²) < 4.78 is 0. The van der Waals surface area contributed by atoms with Crippen molar-refractivity contribution in [3.63, 3.8) is 0 Å². The average molecular weight is 250 g/mol. The van der Waals surface area contributed by atoms with E-state index in [-0.39, 0.29) is 0 Å². The summed E-state index contributed by atoms with van der Waals surface area (Å²) >= 11 is 0. The first-order chi connectivity index (χ1) is 8.35. The molecule has 0 N–H and O–H groups in total. The van der Waals surface area contributed by atoms with Gasteiger partial charge >= 0.3 is 0 Å². The number of hydrogen-bond donors (Lipinski definition) is 0. The van der Waals surface area contributed by atoms with Crippen molar-refractivity contribution in [2.75, 3.05) is 39.5 Å². The Kier molecular flexibility index (Phi) is 2.13. The normalized spacial score (nSPS) is 37.3. The summed E-state index contributed by atoms with van der Waals surface area (Å²) in [5.74, 6) is 0. The minimum Gasteiger partial charge on any atom is -0.272 e. The Morgan fingerprint density at radius 2 is 0.889 bits per heavy atom. The fraction of sp³-hybridized carbons (Fsp3) is 1.00. The van der Waals surface area contributed by atoms with E-state index in [9.17, 15) is 0 Å². The number of hydrogen-bond acceptors (Lipinski definition) is 4. The number of rotatable bonds is 0. The lowest BCUT2D eigenvalue weighted by atomic mass is 9.89. The Balaban J connectivity index is 1.68. The summed E-state index contributed by atoms with van der Waals surface area (Å²) in [4.78, 5) is 10.9. The van der Waals surface area contributed by atoms with Crippen LogP contribution in [0.4, 0.5) is 0 Å². The standard InChI is InChI=1S/C14H26N4/c1-13(2)5-15-9-17-7-14(3,4)8-18-10-16(6-13)11(15)12(17)18/h11-12H,5-10H2,1-4H3.